The summed E-state index contributed by atoms with van der Waals surface area (Å²) in [6.07, 6.45) is 4.62. The number of aryl methyl sites for hydroxylation is 1. The molecule has 3 N–H and O–H groups in total. The third-order valence-corrected chi connectivity index (χ3v) is 7.08. The summed E-state index contributed by atoms with van der Waals surface area (Å²) in [5.41, 5.74) is 3.50. The van der Waals surface area contributed by atoms with Gasteiger partial charge in [0.1, 0.15) is 11.3 Å². The quantitative estimate of drug-likeness (QED) is 0.455. The highest BCUT2D eigenvalue weighted by atomic mass is 16.3. The number of aliphatic hydroxyl groups is 2. The van der Waals surface area contributed by atoms with Crippen molar-refractivity contribution in [1.82, 2.24) is 24.8 Å². The third-order valence-electron chi connectivity index (χ3n) is 7.08. The summed E-state index contributed by atoms with van der Waals surface area (Å²) in [7, 11) is 0. The molecular formula is C26H36N8O2. The van der Waals surface area contributed by atoms with Gasteiger partial charge in [-0.25, -0.2) is 19.9 Å². The number of nitrogens with one attached hydrogen (secondary N) is 1. The van der Waals surface area contributed by atoms with Gasteiger partial charge in [0.2, 0.25) is 5.95 Å². The van der Waals surface area contributed by atoms with Gasteiger partial charge in [0.15, 0.2) is 5.82 Å². The Morgan fingerprint density at radius 1 is 0.972 bits per heavy atom. The zero-order valence-corrected chi connectivity index (χ0v) is 21.2. The minimum atomic E-state index is -0.654. The Morgan fingerprint density at radius 2 is 1.75 bits per heavy atom. The third kappa shape index (κ3) is 5.35. The van der Waals surface area contributed by atoms with Crippen molar-refractivity contribution in [3.63, 3.8) is 0 Å². The number of hydrogen-bond acceptors (Lipinski definition) is 10. The number of hydrogen-bond donors (Lipinski definition) is 3. The van der Waals surface area contributed by atoms with Crippen LogP contribution in [0.1, 0.15) is 43.7 Å². The molecule has 192 valence electrons. The van der Waals surface area contributed by atoms with Gasteiger partial charge in [0.25, 0.3) is 0 Å². The molecule has 3 aromatic rings. The highest BCUT2D eigenvalue weighted by Crippen LogP contribution is 2.30. The van der Waals surface area contributed by atoms with Gasteiger partial charge in [-0.3, -0.25) is 4.90 Å². The normalized spacial score (nSPS) is 18.0. The highest BCUT2D eigenvalue weighted by Gasteiger charge is 2.21. The summed E-state index contributed by atoms with van der Waals surface area (Å²) in [5.74, 6) is 1.99. The van der Waals surface area contributed by atoms with Gasteiger partial charge in [-0.2, -0.15) is 0 Å². The van der Waals surface area contributed by atoms with Crippen LogP contribution in [0.25, 0.3) is 10.9 Å². The van der Waals surface area contributed by atoms with E-state index in [2.05, 4.69) is 31.1 Å². The maximum atomic E-state index is 10.2. The molecule has 2 saturated heterocycles. The van der Waals surface area contributed by atoms with Crippen molar-refractivity contribution >= 4 is 34.2 Å². The lowest BCUT2D eigenvalue weighted by molar-refractivity contribution is 0.188. The van der Waals surface area contributed by atoms with Crippen molar-refractivity contribution in [3.8, 4) is 0 Å². The first-order valence-electron chi connectivity index (χ1n) is 13.0. The van der Waals surface area contributed by atoms with Crippen LogP contribution in [-0.4, -0.2) is 87.5 Å². The lowest BCUT2D eigenvalue weighted by atomic mass is 10.1. The Labute approximate surface area is 212 Å². The molecule has 5 rings (SSSR count). The molecule has 3 aromatic heterocycles. The Hall–Kier alpha value is -3.08. The summed E-state index contributed by atoms with van der Waals surface area (Å²) in [6.45, 7) is 10.3. The fourth-order valence-electron chi connectivity index (χ4n) is 5.07. The number of piperidine rings is 1. The first kappa shape index (κ1) is 24.6. The van der Waals surface area contributed by atoms with E-state index < -0.39 is 6.10 Å². The summed E-state index contributed by atoms with van der Waals surface area (Å²) in [6, 6.07) is 5.94. The van der Waals surface area contributed by atoms with Crippen molar-refractivity contribution in [2.75, 3.05) is 67.5 Å². The fourth-order valence-corrected chi connectivity index (χ4v) is 5.07. The molecule has 0 amide bonds. The van der Waals surface area contributed by atoms with Crippen LogP contribution in [0.15, 0.2) is 24.4 Å². The van der Waals surface area contributed by atoms with E-state index >= 15 is 0 Å². The topological polar surface area (TPSA) is 114 Å². The van der Waals surface area contributed by atoms with Crippen LogP contribution in [0.4, 0.5) is 23.3 Å². The van der Waals surface area contributed by atoms with Gasteiger partial charge in [-0.1, -0.05) is 0 Å². The SMILES string of the molecule is Cc1nc(Nc2ncc3cc([C@@H](C)O)nc(N4CCCCC4)c3n2)ccc1N1CCN(CCO)CC1. The van der Waals surface area contributed by atoms with Crippen LogP contribution >= 0.6 is 0 Å². The molecule has 10 nitrogen and oxygen atoms in total. The first-order valence-corrected chi connectivity index (χ1v) is 13.0. The molecule has 10 heteroatoms. The number of piperazine rings is 1. The number of pyridine rings is 2. The molecule has 36 heavy (non-hydrogen) atoms. The molecule has 0 spiro atoms. The van der Waals surface area contributed by atoms with Crippen molar-refractivity contribution in [2.24, 2.45) is 0 Å². The van der Waals surface area contributed by atoms with Crippen LogP contribution in [0.2, 0.25) is 0 Å². The maximum absolute atomic E-state index is 10.2. The van der Waals surface area contributed by atoms with Crippen molar-refractivity contribution in [2.45, 2.75) is 39.2 Å². The van der Waals surface area contributed by atoms with Crippen molar-refractivity contribution < 1.29 is 10.2 Å². The Kier molecular flexibility index (Phi) is 7.45. The molecule has 0 aliphatic carbocycles. The number of aliphatic hydroxyl groups excluding tert-OH is 2. The molecule has 0 radical (unpaired) electrons. The number of anilines is 4. The average Bonchev–Trinajstić information content (AvgIpc) is 2.89. The second kappa shape index (κ2) is 10.9. The smallest absolute Gasteiger partial charge is 0.229 e. The molecule has 0 bridgehead atoms. The Bertz CT molecular complexity index is 1190. The summed E-state index contributed by atoms with van der Waals surface area (Å²) in [5, 5.41) is 23.5. The standard InChI is InChI=1S/C26H36N8O2/c1-18-22(33-12-10-32(11-13-33)14-15-35)6-7-23(28-18)30-26-27-17-20-16-21(19(2)36)29-25(24(20)31-26)34-8-4-3-5-9-34/h6-7,16-17,19,35-36H,3-5,8-15H2,1-2H3,(H,27,28,30,31)/t19-/m1/s1. The number of fused-ring (bicyclic) bond motifs is 1. The van der Waals surface area contributed by atoms with Crippen LogP contribution < -0.4 is 15.1 Å². The molecule has 0 unspecified atom stereocenters. The van der Waals surface area contributed by atoms with Gasteiger partial charge in [-0.15, -0.1) is 0 Å². The number of nitrogens with zero attached hydrogens (tertiary/aromatic N) is 7. The minimum absolute atomic E-state index is 0.203. The molecular weight excluding hydrogens is 456 g/mol. The summed E-state index contributed by atoms with van der Waals surface area (Å²) < 4.78 is 0. The number of rotatable bonds is 7. The maximum Gasteiger partial charge on any atom is 0.229 e. The van der Waals surface area contributed by atoms with E-state index in [0.29, 0.717) is 17.5 Å². The van der Waals surface area contributed by atoms with Crippen LogP contribution in [0, 0.1) is 6.92 Å². The molecule has 5 heterocycles. The molecule has 1 atom stereocenters. The lowest BCUT2D eigenvalue weighted by Crippen LogP contribution is -2.47. The number of aromatic nitrogens is 4. The zero-order chi connectivity index (χ0) is 25.1. The van der Waals surface area contributed by atoms with Crippen molar-refractivity contribution in [3.05, 3.63) is 35.8 Å². The molecule has 2 aliphatic rings. The number of β-amino-alcohol motifs (C(OH)–C–C–N with tert-alkyl or cyclic N) is 1. The molecule has 0 saturated carbocycles. The fraction of sp³-hybridized carbons (Fsp3) is 0.538. The van der Waals surface area contributed by atoms with E-state index in [1.165, 1.54) is 6.42 Å². The van der Waals surface area contributed by atoms with Gasteiger partial charge < -0.3 is 25.3 Å². The Balaban J connectivity index is 1.37. The van der Waals surface area contributed by atoms with E-state index in [1.807, 2.05) is 19.1 Å². The summed E-state index contributed by atoms with van der Waals surface area (Å²) >= 11 is 0. The minimum Gasteiger partial charge on any atom is -0.395 e. The van der Waals surface area contributed by atoms with E-state index in [-0.39, 0.29) is 6.61 Å². The highest BCUT2D eigenvalue weighted by molar-refractivity contribution is 5.89. The second-order valence-electron chi connectivity index (χ2n) is 9.70. The Morgan fingerprint density at radius 3 is 2.44 bits per heavy atom. The van der Waals surface area contributed by atoms with Gasteiger partial charge in [0.05, 0.1) is 29.8 Å². The van der Waals surface area contributed by atoms with E-state index in [4.69, 9.17) is 15.0 Å². The molecule has 2 aliphatic heterocycles. The van der Waals surface area contributed by atoms with Crippen LogP contribution in [0.5, 0.6) is 0 Å². The lowest BCUT2D eigenvalue weighted by Gasteiger charge is -2.36. The first-order chi connectivity index (χ1) is 17.5. The predicted octanol–water partition coefficient (Wildman–Crippen LogP) is 2.63. The summed E-state index contributed by atoms with van der Waals surface area (Å²) in [4.78, 5) is 25.8. The van der Waals surface area contributed by atoms with Gasteiger partial charge >= 0.3 is 0 Å². The van der Waals surface area contributed by atoms with E-state index in [9.17, 15) is 10.2 Å². The molecule has 0 aromatic carbocycles. The second-order valence-corrected chi connectivity index (χ2v) is 9.70. The zero-order valence-electron chi connectivity index (χ0n) is 21.2. The van der Waals surface area contributed by atoms with Gasteiger partial charge in [-0.05, 0) is 51.3 Å². The largest absolute Gasteiger partial charge is 0.395 e. The van der Waals surface area contributed by atoms with E-state index in [0.717, 1.165) is 86.8 Å². The average molecular weight is 493 g/mol. The van der Waals surface area contributed by atoms with E-state index in [1.54, 1.807) is 13.1 Å². The van der Waals surface area contributed by atoms with Crippen LogP contribution in [0.3, 0.4) is 0 Å². The predicted molar refractivity (Wildman–Crippen MR) is 142 cm³/mol. The van der Waals surface area contributed by atoms with Gasteiger partial charge in [0, 0.05) is 57.4 Å². The van der Waals surface area contributed by atoms with Crippen molar-refractivity contribution in [1.29, 1.82) is 0 Å². The monoisotopic (exact) mass is 492 g/mol. The van der Waals surface area contributed by atoms with Crippen LogP contribution in [-0.2, 0) is 0 Å². The molecule has 2 fully saturated rings.